The molecule has 0 atom stereocenters. The molecule has 0 bridgehead atoms. The normalized spacial score (nSPS) is 9.91. The maximum Gasteiger partial charge on any atom is 0.234 e. The van der Waals surface area contributed by atoms with Crippen LogP contribution in [0.1, 0.15) is 11.3 Å². The van der Waals surface area contributed by atoms with Crippen LogP contribution in [0.4, 0.5) is 0 Å². The lowest BCUT2D eigenvalue weighted by molar-refractivity contribution is -0.120. The van der Waals surface area contributed by atoms with Crippen LogP contribution in [0, 0.1) is 6.92 Å². The van der Waals surface area contributed by atoms with E-state index in [-0.39, 0.29) is 37.3 Å². The molecule has 6 nitrogen and oxygen atoms in total. The Morgan fingerprint density at radius 3 is 2.86 bits per heavy atom. The van der Waals surface area contributed by atoms with Crippen LogP contribution in [0.5, 0.6) is 0 Å². The number of halogens is 2. The summed E-state index contributed by atoms with van der Waals surface area (Å²) in [6.07, 6.45) is 3.88. The van der Waals surface area contributed by atoms with Gasteiger partial charge in [0.25, 0.3) is 0 Å². The highest BCUT2D eigenvalue weighted by Gasteiger charge is 2.05. The van der Waals surface area contributed by atoms with Gasteiger partial charge in [0.15, 0.2) is 0 Å². The molecular formula is C14H22Cl2N4O2. The van der Waals surface area contributed by atoms with E-state index in [0.717, 1.165) is 16.9 Å². The molecule has 0 unspecified atom stereocenters. The average Bonchev–Trinajstić information content (AvgIpc) is 2.86. The Morgan fingerprint density at radius 1 is 1.41 bits per heavy atom. The van der Waals surface area contributed by atoms with Crippen LogP contribution in [-0.2, 0) is 16.1 Å². The molecule has 2 aromatic rings. The highest BCUT2D eigenvalue weighted by molar-refractivity contribution is 5.85. The number of aryl methyl sites for hydroxylation is 1. The van der Waals surface area contributed by atoms with E-state index in [4.69, 9.17) is 4.74 Å². The van der Waals surface area contributed by atoms with Gasteiger partial charge in [-0.1, -0.05) is 6.07 Å². The Hall–Kier alpha value is -1.34. The summed E-state index contributed by atoms with van der Waals surface area (Å²) in [6, 6.07) is 4.00. The molecule has 2 aromatic heterocycles. The van der Waals surface area contributed by atoms with Gasteiger partial charge in [-0.15, -0.1) is 24.8 Å². The second-order valence-corrected chi connectivity index (χ2v) is 4.60. The zero-order chi connectivity index (χ0) is 14.4. The molecule has 0 aliphatic heterocycles. The minimum absolute atomic E-state index is 0. The Balaban J connectivity index is 0.00000220. The predicted molar refractivity (Wildman–Crippen MR) is 91.0 cm³/mol. The van der Waals surface area contributed by atoms with Crippen molar-refractivity contribution >= 4 is 36.4 Å². The standard InChI is InChI=1S/C14H20N4O2.2ClH/c1-11-4-3-6-18-10-12(17-14(11)18)8-16-13(19)9-15-5-7-20-2;;/h3-4,6,10,15H,5,7-9H2,1-2H3,(H,16,19);2*1H. The number of imidazole rings is 1. The van der Waals surface area contributed by atoms with Gasteiger partial charge in [0, 0.05) is 26.0 Å². The lowest BCUT2D eigenvalue weighted by atomic mass is 10.3. The molecule has 0 spiro atoms. The number of hydrogen-bond acceptors (Lipinski definition) is 4. The molecule has 0 saturated heterocycles. The number of fused-ring (bicyclic) bond motifs is 1. The quantitative estimate of drug-likeness (QED) is 0.741. The Labute approximate surface area is 142 Å². The third kappa shape index (κ3) is 5.81. The minimum atomic E-state index is -0.0464. The molecule has 0 radical (unpaired) electrons. The number of nitrogens with zero attached hydrogens (tertiary/aromatic N) is 2. The van der Waals surface area contributed by atoms with Crippen molar-refractivity contribution in [3.05, 3.63) is 35.8 Å². The molecule has 1 amide bonds. The molecule has 124 valence electrons. The van der Waals surface area contributed by atoms with E-state index >= 15 is 0 Å². The number of carbonyl (C=O) groups is 1. The third-order valence-electron chi connectivity index (χ3n) is 2.96. The summed E-state index contributed by atoms with van der Waals surface area (Å²) in [5.41, 5.74) is 2.89. The van der Waals surface area contributed by atoms with Crippen LogP contribution >= 0.6 is 24.8 Å². The van der Waals surface area contributed by atoms with Gasteiger partial charge in [0.2, 0.25) is 5.91 Å². The number of ether oxygens (including phenoxy) is 1. The van der Waals surface area contributed by atoms with Crippen molar-refractivity contribution in [1.82, 2.24) is 20.0 Å². The largest absolute Gasteiger partial charge is 0.383 e. The SMILES string of the molecule is COCCNCC(=O)NCc1cn2cccc(C)c2n1.Cl.Cl. The number of carbonyl (C=O) groups excluding carboxylic acids is 1. The van der Waals surface area contributed by atoms with E-state index in [0.29, 0.717) is 19.7 Å². The van der Waals surface area contributed by atoms with Crippen molar-refractivity contribution in [3.8, 4) is 0 Å². The molecule has 2 rings (SSSR count). The van der Waals surface area contributed by atoms with Crippen molar-refractivity contribution in [2.24, 2.45) is 0 Å². The van der Waals surface area contributed by atoms with E-state index in [1.807, 2.05) is 35.9 Å². The number of aromatic nitrogens is 2. The first kappa shape index (κ1) is 20.7. The summed E-state index contributed by atoms with van der Waals surface area (Å²) in [7, 11) is 1.63. The lowest BCUT2D eigenvalue weighted by Crippen LogP contribution is -2.34. The van der Waals surface area contributed by atoms with Gasteiger partial charge in [-0.25, -0.2) is 4.98 Å². The van der Waals surface area contributed by atoms with Crippen LogP contribution < -0.4 is 10.6 Å². The van der Waals surface area contributed by atoms with Gasteiger partial charge in [-0.3, -0.25) is 4.79 Å². The number of methoxy groups -OCH3 is 1. The number of rotatable bonds is 7. The number of amides is 1. The second-order valence-electron chi connectivity index (χ2n) is 4.60. The van der Waals surface area contributed by atoms with Crippen molar-refractivity contribution in [2.45, 2.75) is 13.5 Å². The van der Waals surface area contributed by atoms with Crippen LogP contribution in [0.15, 0.2) is 24.5 Å². The first-order valence-corrected chi connectivity index (χ1v) is 6.60. The maximum absolute atomic E-state index is 11.6. The molecule has 0 aliphatic carbocycles. The predicted octanol–water partition coefficient (Wildman–Crippen LogP) is 1.34. The van der Waals surface area contributed by atoms with Crippen LogP contribution in [0.3, 0.4) is 0 Å². The number of pyridine rings is 1. The van der Waals surface area contributed by atoms with Crippen LogP contribution in [-0.4, -0.2) is 42.1 Å². The van der Waals surface area contributed by atoms with E-state index in [1.165, 1.54) is 0 Å². The monoisotopic (exact) mass is 348 g/mol. The fourth-order valence-corrected chi connectivity index (χ4v) is 1.92. The van der Waals surface area contributed by atoms with Crippen LogP contribution in [0.2, 0.25) is 0 Å². The fraction of sp³-hybridized carbons (Fsp3) is 0.429. The molecular weight excluding hydrogens is 327 g/mol. The summed E-state index contributed by atoms with van der Waals surface area (Å²) in [5.74, 6) is -0.0464. The van der Waals surface area contributed by atoms with Crippen molar-refractivity contribution in [1.29, 1.82) is 0 Å². The molecule has 0 saturated carbocycles. The highest BCUT2D eigenvalue weighted by Crippen LogP contribution is 2.09. The first-order valence-electron chi connectivity index (χ1n) is 6.60. The molecule has 2 N–H and O–H groups in total. The third-order valence-corrected chi connectivity index (χ3v) is 2.96. The molecule has 0 fully saturated rings. The van der Waals surface area contributed by atoms with Crippen LogP contribution in [0.25, 0.3) is 5.65 Å². The van der Waals surface area contributed by atoms with Gasteiger partial charge in [-0.2, -0.15) is 0 Å². The average molecular weight is 349 g/mol. The van der Waals surface area contributed by atoms with Gasteiger partial charge in [0.1, 0.15) is 5.65 Å². The second kappa shape index (κ2) is 10.4. The first-order chi connectivity index (χ1) is 9.70. The van der Waals surface area contributed by atoms with Gasteiger partial charge < -0.3 is 19.8 Å². The van der Waals surface area contributed by atoms with Gasteiger partial charge in [0.05, 0.1) is 25.4 Å². The Bertz CT molecular complexity index is 589. The molecule has 22 heavy (non-hydrogen) atoms. The molecule has 0 aliphatic rings. The van der Waals surface area contributed by atoms with Crippen molar-refractivity contribution < 1.29 is 9.53 Å². The smallest absolute Gasteiger partial charge is 0.234 e. The van der Waals surface area contributed by atoms with E-state index in [9.17, 15) is 4.79 Å². The maximum atomic E-state index is 11.6. The zero-order valence-electron chi connectivity index (χ0n) is 12.7. The van der Waals surface area contributed by atoms with Gasteiger partial charge in [-0.05, 0) is 18.6 Å². The minimum Gasteiger partial charge on any atom is -0.383 e. The summed E-state index contributed by atoms with van der Waals surface area (Å²) in [5, 5.41) is 5.83. The fourth-order valence-electron chi connectivity index (χ4n) is 1.92. The Kier molecular flexibility index (Phi) is 9.76. The summed E-state index contributed by atoms with van der Waals surface area (Å²) in [6.45, 7) is 4.00. The molecule has 2 heterocycles. The van der Waals surface area contributed by atoms with E-state index in [1.54, 1.807) is 7.11 Å². The number of hydrogen-bond donors (Lipinski definition) is 2. The lowest BCUT2D eigenvalue weighted by Gasteiger charge is -2.04. The van der Waals surface area contributed by atoms with Crippen molar-refractivity contribution in [2.75, 3.05) is 26.8 Å². The molecule has 8 heteroatoms. The van der Waals surface area contributed by atoms with E-state index in [2.05, 4.69) is 15.6 Å². The van der Waals surface area contributed by atoms with Gasteiger partial charge >= 0.3 is 0 Å². The van der Waals surface area contributed by atoms with E-state index < -0.39 is 0 Å². The summed E-state index contributed by atoms with van der Waals surface area (Å²) in [4.78, 5) is 16.1. The highest BCUT2D eigenvalue weighted by atomic mass is 35.5. The Morgan fingerprint density at radius 2 is 2.18 bits per heavy atom. The molecule has 0 aromatic carbocycles. The summed E-state index contributed by atoms with van der Waals surface area (Å²) >= 11 is 0. The number of nitrogens with one attached hydrogen (secondary N) is 2. The zero-order valence-corrected chi connectivity index (χ0v) is 14.3. The van der Waals surface area contributed by atoms with Crippen molar-refractivity contribution in [3.63, 3.8) is 0 Å². The topological polar surface area (TPSA) is 67.7 Å². The summed E-state index contributed by atoms with van der Waals surface area (Å²) < 4.78 is 6.86.